The number of unbranched alkanes of at least 4 members (excludes halogenated alkanes) is 2. The fourth-order valence-corrected chi connectivity index (χ4v) is 5.30. The topological polar surface area (TPSA) is 9.23 Å². The van der Waals surface area contributed by atoms with Crippen LogP contribution in [0, 0.1) is 29.3 Å². The molecule has 0 bridgehead atoms. The Bertz CT molecular complexity index is 1050. The average Bonchev–Trinajstić information content (AvgIpc) is 2.81. The Labute approximate surface area is 198 Å². The molecular formula is C28H31F5O. The van der Waals surface area contributed by atoms with Gasteiger partial charge in [-0.3, -0.25) is 0 Å². The third kappa shape index (κ3) is 5.16. The van der Waals surface area contributed by atoms with Gasteiger partial charge in [0.05, 0.1) is 6.61 Å². The van der Waals surface area contributed by atoms with Crippen molar-refractivity contribution in [3.05, 3.63) is 53.4 Å². The second-order valence-corrected chi connectivity index (χ2v) is 9.61. The average molecular weight is 479 g/mol. The van der Waals surface area contributed by atoms with Crippen molar-refractivity contribution in [1.82, 2.24) is 0 Å². The number of halogens is 5. The minimum atomic E-state index is -1.82. The number of rotatable bonds is 10. The van der Waals surface area contributed by atoms with Gasteiger partial charge in [-0.05, 0) is 66.4 Å². The van der Waals surface area contributed by atoms with E-state index in [0.29, 0.717) is 23.7 Å². The molecule has 2 aromatic rings. The Hall–Kier alpha value is -2.37. The summed E-state index contributed by atoms with van der Waals surface area (Å²) in [6.45, 7) is 2.55. The van der Waals surface area contributed by atoms with Crippen LogP contribution < -0.4 is 4.74 Å². The summed E-state index contributed by atoms with van der Waals surface area (Å²) in [6.07, 6.45) is 8.34. The Balaban J connectivity index is 1.40. The van der Waals surface area contributed by atoms with E-state index in [9.17, 15) is 22.0 Å². The molecule has 0 spiro atoms. The molecule has 2 aliphatic carbocycles. The van der Waals surface area contributed by atoms with Gasteiger partial charge < -0.3 is 4.74 Å². The molecule has 2 aromatic carbocycles. The minimum Gasteiger partial charge on any atom is -0.490 e. The zero-order chi connectivity index (χ0) is 24.2. The number of hydrogen-bond donors (Lipinski definition) is 0. The van der Waals surface area contributed by atoms with E-state index in [1.54, 1.807) is 6.07 Å². The quantitative estimate of drug-likeness (QED) is 0.208. The maximum atomic E-state index is 14.9. The van der Waals surface area contributed by atoms with Crippen molar-refractivity contribution in [3.8, 4) is 28.0 Å². The lowest BCUT2D eigenvalue weighted by atomic mass is 9.78. The van der Waals surface area contributed by atoms with Crippen LogP contribution in [0.2, 0.25) is 0 Å². The van der Waals surface area contributed by atoms with Gasteiger partial charge in [0.15, 0.2) is 11.6 Å². The van der Waals surface area contributed by atoms with Crippen LogP contribution in [0.15, 0.2) is 30.4 Å². The summed E-state index contributed by atoms with van der Waals surface area (Å²) >= 11 is 0. The van der Waals surface area contributed by atoms with Crippen molar-refractivity contribution < 1.29 is 26.7 Å². The molecule has 0 saturated heterocycles. The van der Waals surface area contributed by atoms with E-state index in [0.717, 1.165) is 37.7 Å². The fraction of sp³-hybridized carbons (Fsp3) is 0.500. The molecule has 0 amide bonds. The van der Waals surface area contributed by atoms with Crippen molar-refractivity contribution in [1.29, 1.82) is 0 Å². The van der Waals surface area contributed by atoms with E-state index in [-0.39, 0.29) is 35.3 Å². The van der Waals surface area contributed by atoms with Gasteiger partial charge in [-0.2, -0.15) is 13.2 Å². The third-order valence-electron chi connectivity index (χ3n) is 7.30. The van der Waals surface area contributed by atoms with E-state index in [2.05, 4.69) is 6.92 Å². The highest BCUT2D eigenvalue weighted by atomic mass is 19.3. The lowest BCUT2D eigenvalue weighted by Gasteiger charge is -2.30. The smallest absolute Gasteiger partial charge is 0.266 e. The molecule has 0 N–H and O–H groups in total. The van der Waals surface area contributed by atoms with Gasteiger partial charge in [-0.25, -0.2) is 8.78 Å². The van der Waals surface area contributed by atoms with Crippen LogP contribution in [0.1, 0.15) is 70.3 Å². The summed E-state index contributed by atoms with van der Waals surface area (Å²) in [5.74, 6) is -1.96. The van der Waals surface area contributed by atoms with Crippen molar-refractivity contribution in [2.24, 2.45) is 11.8 Å². The van der Waals surface area contributed by atoms with Gasteiger partial charge in [0.25, 0.3) is 6.08 Å². The number of ether oxygens (including phenoxy) is 1. The highest BCUT2D eigenvalue weighted by molar-refractivity contribution is 6.03. The molecular weight excluding hydrogens is 447 g/mol. The van der Waals surface area contributed by atoms with Crippen molar-refractivity contribution in [2.75, 3.05) is 6.61 Å². The first-order valence-electron chi connectivity index (χ1n) is 12.4. The minimum absolute atomic E-state index is 0.0153. The normalized spacial score (nSPS) is 18.6. The monoisotopic (exact) mass is 478 g/mol. The van der Waals surface area contributed by atoms with Crippen molar-refractivity contribution >= 4 is 0 Å². The summed E-state index contributed by atoms with van der Waals surface area (Å²) in [6, 6.07) is 4.60. The zero-order valence-corrected chi connectivity index (χ0v) is 19.5. The molecule has 0 unspecified atom stereocenters. The highest BCUT2D eigenvalue weighted by Gasteiger charge is 2.34. The second-order valence-electron chi connectivity index (χ2n) is 9.61. The Morgan fingerprint density at radius 3 is 2.32 bits per heavy atom. The molecule has 0 radical (unpaired) electrons. The van der Waals surface area contributed by atoms with E-state index < -0.39 is 23.5 Å². The van der Waals surface area contributed by atoms with Gasteiger partial charge in [0.2, 0.25) is 5.82 Å². The van der Waals surface area contributed by atoms with Crippen molar-refractivity contribution in [3.63, 3.8) is 0 Å². The molecule has 1 nitrogen and oxygen atoms in total. The number of hydrogen-bond acceptors (Lipinski definition) is 1. The van der Waals surface area contributed by atoms with E-state index in [1.807, 2.05) is 0 Å². The molecule has 0 aromatic heterocycles. The lowest BCUT2D eigenvalue weighted by Crippen LogP contribution is -2.20. The van der Waals surface area contributed by atoms with Gasteiger partial charge in [0, 0.05) is 11.1 Å². The van der Waals surface area contributed by atoms with Crippen molar-refractivity contribution in [2.45, 2.75) is 71.1 Å². The number of aryl methyl sites for hydroxylation is 1. The van der Waals surface area contributed by atoms with Gasteiger partial charge in [-0.1, -0.05) is 57.6 Å². The molecule has 184 valence electrons. The number of fused-ring (bicyclic) bond motifs is 4. The van der Waals surface area contributed by atoms with Crippen LogP contribution in [0.5, 0.6) is 5.75 Å². The molecule has 1 fully saturated rings. The zero-order valence-electron chi connectivity index (χ0n) is 19.5. The van der Waals surface area contributed by atoms with Crippen LogP contribution in [-0.4, -0.2) is 6.61 Å². The maximum absolute atomic E-state index is 14.9. The second kappa shape index (κ2) is 10.9. The molecule has 4 rings (SSSR count). The molecule has 0 heterocycles. The Kier molecular flexibility index (Phi) is 7.95. The van der Waals surface area contributed by atoms with E-state index in [4.69, 9.17) is 4.74 Å². The first-order chi connectivity index (χ1) is 16.4. The summed E-state index contributed by atoms with van der Waals surface area (Å²) in [5, 5.41) is 0. The van der Waals surface area contributed by atoms with Gasteiger partial charge >= 0.3 is 0 Å². The maximum Gasteiger partial charge on any atom is 0.266 e. The van der Waals surface area contributed by atoms with Gasteiger partial charge in [0.1, 0.15) is 5.82 Å². The van der Waals surface area contributed by atoms with E-state index >= 15 is 0 Å². The van der Waals surface area contributed by atoms with Gasteiger partial charge in [-0.15, -0.1) is 0 Å². The summed E-state index contributed by atoms with van der Waals surface area (Å²) in [5.41, 5.74) is 1.02. The predicted octanol–water partition coefficient (Wildman–Crippen LogP) is 9.23. The van der Waals surface area contributed by atoms with Crippen LogP contribution in [-0.2, 0) is 6.42 Å². The molecule has 0 atom stereocenters. The van der Waals surface area contributed by atoms with Crippen LogP contribution in [0.3, 0.4) is 0 Å². The highest BCUT2D eigenvalue weighted by Crippen LogP contribution is 2.53. The molecule has 34 heavy (non-hydrogen) atoms. The summed E-state index contributed by atoms with van der Waals surface area (Å²) < 4.78 is 74.8. The lowest BCUT2D eigenvalue weighted by molar-refractivity contribution is 0.172. The number of allylic oxidation sites excluding steroid dienone is 1. The molecule has 1 saturated carbocycles. The predicted molar refractivity (Wildman–Crippen MR) is 124 cm³/mol. The van der Waals surface area contributed by atoms with Crippen LogP contribution in [0.4, 0.5) is 22.0 Å². The molecule has 6 heteroatoms. The fourth-order valence-electron chi connectivity index (χ4n) is 5.30. The SMILES string of the molecule is CCCCCC1CCC(COc2cc3c(c(F)c2F)-c2c-3ccc(CCC=C(F)F)c2F)CC1. The van der Waals surface area contributed by atoms with E-state index in [1.165, 1.54) is 37.8 Å². The summed E-state index contributed by atoms with van der Waals surface area (Å²) in [7, 11) is 0. The Morgan fingerprint density at radius 1 is 0.912 bits per heavy atom. The van der Waals surface area contributed by atoms with Crippen LogP contribution >= 0.6 is 0 Å². The Morgan fingerprint density at radius 2 is 1.62 bits per heavy atom. The third-order valence-corrected chi connectivity index (χ3v) is 7.30. The molecule has 0 aliphatic heterocycles. The standard InChI is InChI=1S/C28H31F5O/c1-2-3-4-6-17-9-11-18(12-10-17)16-34-22-15-21-20-14-13-19(7-5-8-23(29)30)26(31)24(20)25(21)28(33)27(22)32/h8,13-15,17-18H,2-7,9-12,16H2,1H3. The van der Waals surface area contributed by atoms with Crippen LogP contribution in [0.25, 0.3) is 22.3 Å². The first-order valence-corrected chi connectivity index (χ1v) is 12.4. The number of benzene rings is 2. The summed E-state index contributed by atoms with van der Waals surface area (Å²) in [4.78, 5) is 0. The molecule has 2 aliphatic rings. The largest absolute Gasteiger partial charge is 0.490 e. The first kappa shape index (κ1) is 24.7.